The summed E-state index contributed by atoms with van der Waals surface area (Å²) in [6, 6.07) is 0.746. The molecular formula is C15H27N5O. The zero-order valence-corrected chi connectivity index (χ0v) is 13.0. The normalized spacial score (nSPS) is 24.7. The Morgan fingerprint density at radius 3 is 3.00 bits per heavy atom. The number of aromatic nitrogens is 2. The fraction of sp³-hybridized carbons (Fsp3) is 0.800. The number of hydrogen-bond donors (Lipinski definition) is 1. The van der Waals surface area contributed by atoms with Crippen molar-refractivity contribution in [2.75, 3.05) is 53.0 Å². The Morgan fingerprint density at radius 2 is 2.19 bits per heavy atom. The van der Waals surface area contributed by atoms with Gasteiger partial charge in [0.05, 0.1) is 19.3 Å². The number of ether oxygens (including phenoxy) is 1. The van der Waals surface area contributed by atoms with Gasteiger partial charge in [0.2, 0.25) is 0 Å². The lowest BCUT2D eigenvalue weighted by Crippen LogP contribution is -2.49. The molecule has 2 aliphatic heterocycles. The van der Waals surface area contributed by atoms with Crippen LogP contribution in [0.5, 0.6) is 0 Å². The third-order valence-electron chi connectivity index (χ3n) is 4.53. The van der Waals surface area contributed by atoms with Crippen LogP contribution in [0.15, 0.2) is 12.4 Å². The van der Waals surface area contributed by atoms with E-state index in [2.05, 4.69) is 26.4 Å². The van der Waals surface area contributed by atoms with Gasteiger partial charge in [-0.3, -0.25) is 14.5 Å². The first kappa shape index (κ1) is 15.0. The van der Waals surface area contributed by atoms with Crippen LogP contribution in [0.3, 0.4) is 0 Å². The molecule has 0 aromatic carbocycles. The topological polar surface area (TPSA) is 45.6 Å². The molecule has 2 fully saturated rings. The molecule has 0 saturated carbocycles. The Bertz CT molecular complexity index is 429. The fourth-order valence-corrected chi connectivity index (χ4v) is 3.35. The molecule has 2 aliphatic rings. The van der Waals surface area contributed by atoms with Crippen LogP contribution in [0.4, 0.5) is 0 Å². The minimum absolute atomic E-state index is 0.718. The highest BCUT2D eigenvalue weighted by molar-refractivity contribution is 5.04. The van der Waals surface area contributed by atoms with Gasteiger partial charge in [-0.2, -0.15) is 5.10 Å². The molecule has 0 bridgehead atoms. The average Bonchev–Trinajstić information content (AvgIpc) is 3.16. The SMILES string of the molecule is COCCn1cc(CN2CCC(N3CCNCC3)C2)cn1. The summed E-state index contributed by atoms with van der Waals surface area (Å²) in [5.74, 6) is 0. The molecule has 2 saturated heterocycles. The molecule has 118 valence electrons. The standard InChI is InChI=1S/C15H27N5O/c1-21-9-8-20-12-14(10-17-20)11-18-5-2-15(13-18)19-6-3-16-4-7-19/h10,12,15-16H,2-9,11,13H2,1H3. The van der Waals surface area contributed by atoms with E-state index < -0.39 is 0 Å². The third kappa shape index (κ3) is 4.03. The van der Waals surface area contributed by atoms with E-state index in [0.717, 1.165) is 38.8 Å². The number of hydrogen-bond acceptors (Lipinski definition) is 5. The summed E-state index contributed by atoms with van der Waals surface area (Å²) >= 11 is 0. The summed E-state index contributed by atoms with van der Waals surface area (Å²) in [4.78, 5) is 5.21. The van der Waals surface area contributed by atoms with Crippen molar-refractivity contribution < 1.29 is 4.74 Å². The van der Waals surface area contributed by atoms with Crippen LogP contribution in [0.1, 0.15) is 12.0 Å². The molecule has 1 aromatic heterocycles. The maximum Gasteiger partial charge on any atom is 0.0658 e. The molecular weight excluding hydrogens is 266 g/mol. The smallest absolute Gasteiger partial charge is 0.0658 e. The van der Waals surface area contributed by atoms with E-state index in [-0.39, 0.29) is 0 Å². The quantitative estimate of drug-likeness (QED) is 0.800. The van der Waals surface area contributed by atoms with Crippen molar-refractivity contribution in [1.29, 1.82) is 0 Å². The van der Waals surface area contributed by atoms with Gasteiger partial charge in [0.15, 0.2) is 0 Å². The molecule has 21 heavy (non-hydrogen) atoms. The van der Waals surface area contributed by atoms with E-state index in [9.17, 15) is 0 Å². The second-order valence-electron chi connectivity index (χ2n) is 6.07. The maximum atomic E-state index is 5.09. The van der Waals surface area contributed by atoms with Gasteiger partial charge >= 0.3 is 0 Å². The molecule has 0 amide bonds. The van der Waals surface area contributed by atoms with E-state index in [0.29, 0.717) is 0 Å². The van der Waals surface area contributed by atoms with E-state index in [1.54, 1.807) is 7.11 Å². The van der Waals surface area contributed by atoms with Crippen molar-refractivity contribution in [3.05, 3.63) is 18.0 Å². The third-order valence-corrected chi connectivity index (χ3v) is 4.53. The van der Waals surface area contributed by atoms with Gasteiger partial charge in [-0.15, -0.1) is 0 Å². The highest BCUT2D eigenvalue weighted by Crippen LogP contribution is 2.18. The monoisotopic (exact) mass is 293 g/mol. The molecule has 1 N–H and O–H groups in total. The van der Waals surface area contributed by atoms with Crippen LogP contribution < -0.4 is 5.32 Å². The largest absolute Gasteiger partial charge is 0.383 e. The van der Waals surface area contributed by atoms with Gasteiger partial charge in [0, 0.05) is 70.7 Å². The summed E-state index contributed by atoms with van der Waals surface area (Å²) in [6.07, 6.45) is 5.45. The van der Waals surface area contributed by atoms with Crippen LogP contribution in [0, 0.1) is 0 Å². The first-order valence-corrected chi connectivity index (χ1v) is 8.02. The summed E-state index contributed by atoms with van der Waals surface area (Å²) < 4.78 is 7.06. The lowest BCUT2D eigenvalue weighted by molar-refractivity contribution is 0.170. The Balaban J connectivity index is 1.46. The molecule has 1 atom stereocenters. The van der Waals surface area contributed by atoms with Crippen molar-refractivity contribution >= 4 is 0 Å². The van der Waals surface area contributed by atoms with Gasteiger partial charge in [-0.05, 0) is 6.42 Å². The Labute approximate surface area is 127 Å². The van der Waals surface area contributed by atoms with Gasteiger partial charge in [0.1, 0.15) is 0 Å². The minimum Gasteiger partial charge on any atom is -0.383 e. The molecule has 0 radical (unpaired) electrons. The second-order valence-corrected chi connectivity index (χ2v) is 6.07. The molecule has 1 aromatic rings. The van der Waals surface area contributed by atoms with Gasteiger partial charge < -0.3 is 10.1 Å². The van der Waals surface area contributed by atoms with Crippen molar-refractivity contribution in [1.82, 2.24) is 24.9 Å². The van der Waals surface area contributed by atoms with Gasteiger partial charge in [-0.1, -0.05) is 0 Å². The average molecular weight is 293 g/mol. The number of piperazine rings is 1. The predicted molar refractivity (Wildman–Crippen MR) is 82.2 cm³/mol. The number of nitrogens with zero attached hydrogens (tertiary/aromatic N) is 4. The number of likely N-dealkylation sites (tertiary alicyclic amines) is 1. The lowest BCUT2D eigenvalue weighted by atomic mass is 10.2. The summed E-state index contributed by atoms with van der Waals surface area (Å²) in [7, 11) is 1.73. The first-order valence-electron chi connectivity index (χ1n) is 8.02. The molecule has 6 heteroatoms. The highest BCUT2D eigenvalue weighted by Gasteiger charge is 2.28. The fourth-order valence-electron chi connectivity index (χ4n) is 3.35. The zero-order valence-electron chi connectivity index (χ0n) is 13.0. The van der Waals surface area contributed by atoms with Gasteiger partial charge in [-0.25, -0.2) is 0 Å². The number of methoxy groups -OCH3 is 1. The lowest BCUT2D eigenvalue weighted by Gasteiger charge is -2.32. The van der Waals surface area contributed by atoms with Crippen LogP contribution in [-0.2, 0) is 17.8 Å². The summed E-state index contributed by atoms with van der Waals surface area (Å²) in [5, 5.41) is 7.83. The molecule has 3 rings (SSSR count). The molecule has 1 unspecified atom stereocenters. The number of rotatable bonds is 6. The Kier molecular flexibility index (Phi) is 5.24. The van der Waals surface area contributed by atoms with Crippen molar-refractivity contribution in [2.45, 2.75) is 25.6 Å². The van der Waals surface area contributed by atoms with Crippen molar-refractivity contribution in [2.24, 2.45) is 0 Å². The van der Waals surface area contributed by atoms with Gasteiger partial charge in [0.25, 0.3) is 0 Å². The van der Waals surface area contributed by atoms with E-state index in [4.69, 9.17) is 4.74 Å². The maximum absolute atomic E-state index is 5.09. The molecule has 0 aliphatic carbocycles. The molecule has 3 heterocycles. The van der Waals surface area contributed by atoms with Crippen LogP contribution in [0.2, 0.25) is 0 Å². The highest BCUT2D eigenvalue weighted by atomic mass is 16.5. The van der Waals surface area contributed by atoms with Crippen molar-refractivity contribution in [3.8, 4) is 0 Å². The molecule has 6 nitrogen and oxygen atoms in total. The van der Waals surface area contributed by atoms with Crippen molar-refractivity contribution in [3.63, 3.8) is 0 Å². The van der Waals surface area contributed by atoms with Crippen LogP contribution >= 0.6 is 0 Å². The van der Waals surface area contributed by atoms with Crippen LogP contribution in [-0.4, -0.2) is 78.6 Å². The number of nitrogens with one attached hydrogen (secondary N) is 1. The Hall–Kier alpha value is -0.950. The summed E-state index contributed by atoms with van der Waals surface area (Å²) in [5.41, 5.74) is 1.31. The first-order chi connectivity index (χ1) is 10.3. The summed E-state index contributed by atoms with van der Waals surface area (Å²) in [6.45, 7) is 9.67. The van der Waals surface area contributed by atoms with E-state index in [1.807, 2.05) is 10.9 Å². The zero-order chi connectivity index (χ0) is 14.5. The van der Waals surface area contributed by atoms with E-state index in [1.165, 1.54) is 38.2 Å². The molecule has 0 spiro atoms. The second kappa shape index (κ2) is 7.35. The predicted octanol–water partition coefficient (Wildman–Crippen LogP) is 0.00900. The van der Waals surface area contributed by atoms with Crippen LogP contribution in [0.25, 0.3) is 0 Å². The Morgan fingerprint density at radius 1 is 1.33 bits per heavy atom. The van der Waals surface area contributed by atoms with E-state index >= 15 is 0 Å². The minimum atomic E-state index is 0.718.